The number of unbranched alkanes of at least 4 members (excludes halogenated alkanes) is 3. The number of alkyl halides is 6. The van der Waals surface area contributed by atoms with E-state index in [1.165, 1.54) is 47.9 Å². The number of urea groups is 2. The van der Waals surface area contributed by atoms with E-state index in [1.807, 2.05) is 7.05 Å². The number of ether oxygens (including phenoxy) is 2. The van der Waals surface area contributed by atoms with Crippen LogP contribution in [0.3, 0.4) is 0 Å². The maximum atomic E-state index is 14.6. The van der Waals surface area contributed by atoms with Crippen LogP contribution < -0.4 is 9.80 Å². The van der Waals surface area contributed by atoms with Gasteiger partial charge in [0.2, 0.25) is 0 Å². The number of hydrogen-bond donors (Lipinski definition) is 0. The van der Waals surface area contributed by atoms with Crippen LogP contribution in [0.2, 0.25) is 0 Å². The number of nitriles is 2. The van der Waals surface area contributed by atoms with Crippen LogP contribution >= 0.6 is 0 Å². The zero-order valence-corrected chi connectivity index (χ0v) is 41.0. The van der Waals surface area contributed by atoms with E-state index in [2.05, 4.69) is 17.0 Å². The normalized spacial score (nSPS) is 16.5. The second-order valence-corrected chi connectivity index (χ2v) is 17.5. The van der Waals surface area contributed by atoms with Crippen molar-refractivity contribution in [2.75, 3.05) is 56.2 Å². The van der Waals surface area contributed by atoms with Crippen molar-refractivity contribution in [3.8, 4) is 12.1 Å². The van der Waals surface area contributed by atoms with Crippen molar-refractivity contribution in [2.24, 2.45) is 0 Å². The molecule has 0 aromatic heterocycles. The molecule has 0 fully saturated rings. The standard InChI is InChI=1S/C54H55F6N7O6/c1-6-72-49(68)45-35(3)66(43-17-13-15-41(31-43)53(55,56)57)51(70)64(47(45)39-23-19-37(33-61)20-24-39)29-10-8-9-27-63(5)28-11-12-30-65-48(40-25-21-38(34-62)22-26-40)46(50(69)73-7-2)36(4)67(52(65)71)44-18-14-16-42(32-44)54(58,59)60/h13-26,31-32,47-48H,6-12,27-30H2,1-5H3/t47?,48-/m1/s1. The Morgan fingerprint density at radius 2 is 0.959 bits per heavy atom. The van der Waals surface area contributed by atoms with Crippen molar-refractivity contribution in [3.05, 3.63) is 153 Å². The van der Waals surface area contributed by atoms with Crippen LogP contribution in [-0.2, 0) is 31.4 Å². The highest BCUT2D eigenvalue weighted by Gasteiger charge is 2.45. The van der Waals surface area contributed by atoms with E-state index < -0.39 is 59.6 Å². The lowest BCUT2D eigenvalue weighted by Crippen LogP contribution is -2.51. The second kappa shape index (κ2) is 23.7. The number of rotatable bonds is 19. The summed E-state index contributed by atoms with van der Waals surface area (Å²) in [5.41, 5.74) is -0.131. The average Bonchev–Trinajstić information content (AvgIpc) is 3.35. The second-order valence-electron chi connectivity index (χ2n) is 17.5. The fraction of sp³-hybridized carbons (Fsp3) is 0.370. The van der Waals surface area contributed by atoms with Crippen LogP contribution in [0.5, 0.6) is 0 Å². The molecule has 0 radical (unpaired) electrons. The Hall–Kier alpha value is -7.64. The number of hydrogen-bond acceptors (Lipinski definition) is 9. The number of benzene rings is 4. The smallest absolute Gasteiger partial charge is 0.416 e. The number of allylic oxidation sites excluding steroid dienone is 2. The maximum Gasteiger partial charge on any atom is 0.416 e. The monoisotopic (exact) mass is 1010 g/mol. The van der Waals surface area contributed by atoms with Gasteiger partial charge in [0.15, 0.2) is 0 Å². The topological polar surface area (TPSA) is 151 Å². The number of amides is 4. The minimum absolute atomic E-state index is 0.00834. The first-order valence-electron chi connectivity index (χ1n) is 23.8. The highest BCUT2D eigenvalue weighted by atomic mass is 19.4. The van der Waals surface area contributed by atoms with E-state index in [9.17, 15) is 56.0 Å². The Kier molecular flexibility index (Phi) is 17.8. The molecule has 2 aliphatic rings. The number of nitrogens with zero attached hydrogens (tertiary/aromatic N) is 7. The molecular weight excluding hydrogens is 957 g/mol. The Morgan fingerprint density at radius 3 is 1.32 bits per heavy atom. The van der Waals surface area contributed by atoms with Crippen LogP contribution in [0.1, 0.15) is 105 Å². The first-order valence-corrected chi connectivity index (χ1v) is 23.8. The van der Waals surface area contributed by atoms with Gasteiger partial charge in [0.1, 0.15) is 0 Å². The van der Waals surface area contributed by atoms with Crippen molar-refractivity contribution in [2.45, 2.75) is 84.2 Å². The third-order valence-electron chi connectivity index (χ3n) is 12.7. The summed E-state index contributed by atoms with van der Waals surface area (Å²) in [5.74, 6) is -1.50. The molecule has 0 N–H and O–H groups in total. The van der Waals surface area contributed by atoms with Gasteiger partial charge in [0.05, 0.1) is 82.2 Å². The van der Waals surface area contributed by atoms with Gasteiger partial charge in [-0.2, -0.15) is 36.9 Å². The van der Waals surface area contributed by atoms with Crippen LogP contribution in [0, 0.1) is 22.7 Å². The highest BCUT2D eigenvalue weighted by molar-refractivity contribution is 6.04. The van der Waals surface area contributed by atoms with Gasteiger partial charge in [-0.1, -0.05) is 42.8 Å². The molecule has 73 heavy (non-hydrogen) atoms. The average molecular weight is 1010 g/mol. The molecule has 1 unspecified atom stereocenters. The molecule has 4 aromatic carbocycles. The van der Waals surface area contributed by atoms with Crippen molar-refractivity contribution in [1.29, 1.82) is 10.5 Å². The summed E-state index contributed by atoms with van der Waals surface area (Å²) in [6.07, 6.45) is -6.75. The third-order valence-corrected chi connectivity index (χ3v) is 12.7. The Balaban J connectivity index is 1.17. The van der Waals surface area contributed by atoms with E-state index in [4.69, 9.17) is 9.47 Å². The molecule has 0 saturated carbocycles. The summed E-state index contributed by atoms with van der Waals surface area (Å²) in [6.45, 7) is 7.54. The van der Waals surface area contributed by atoms with Gasteiger partial charge in [-0.15, -0.1) is 0 Å². The summed E-state index contributed by atoms with van der Waals surface area (Å²) in [7, 11) is 1.91. The molecule has 4 amide bonds. The Bertz CT molecular complexity index is 2820. The molecular formula is C54H55F6N7O6. The molecule has 2 heterocycles. The zero-order chi connectivity index (χ0) is 53.2. The molecule has 6 rings (SSSR count). The first kappa shape index (κ1) is 54.7. The number of carbonyl (C=O) groups excluding carboxylic acids is 4. The number of halogens is 6. The maximum absolute atomic E-state index is 14.6. The summed E-state index contributed by atoms with van der Waals surface area (Å²) >= 11 is 0. The molecule has 19 heteroatoms. The fourth-order valence-corrected chi connectivity index (χ4v) is 9.14. The van der Waals surface area contributed by atoms with Gasteiger partial charge in [-0.05, 0) is 145 Å². The lowest BCUT2D eigenvalue weighted by molar-refractivity contribution is -0.140. The van der Waals surface area contributed by atoms with E-state index >= 15 is 0 Å². The number of anilines is 2. The Morgan fingerprint density at radius 1 is 0.589 bits per heavy atom. The van der Waals surface area contributed by atoms with Gasteiger partial charge >= 0.3 is 36.4 Å². The largest absolute Gasteiger partial charge is 0.463 e. The van der Waals surface area contributed by atoms with E-state index in [-0.39, 0.29) is 60.2 Å². The van der Waals surface area contributed by atoms with E-state index in [1.54, 1.807) is 62.4 Å². The number of esters is 2. The summed E-state index contributed by atoms with van der Waals surface area (Å²) in [6, 6.07) is 22.1. The minimum Gasteiger partial charge on any atom is -0.463 e. The van der Waals surface area contributed by atoms with Crippen LogP contribution in [-0.4, -0.2) is 85.1 Å². The van der Waals surface area contributed by atoms with Crippen molar-refractivity contribution in [3.63, 3.8) is 0 Å². The van der Waals surface area contributed by atoms with Crippen molar-refractivity contribution < 1.29 is 55.0 Å². The van der Waals surface area contributed by atoms with Crippen LogP contribution in [0.4, 0.5) is 47.3 Å². The molecule has 0 spiro atoms. The van der Waals surface area contributed by atoms with Crippen molar-refractivity contribution >= 4 is 35.4 Å². The molecule has 2 aliphatic heterocycles. The molecule has 13 nitrogen and oxygen atoms in total. The highest BCUT2D eigenvalue weighted by Crippen LogP contribution is 2.44. The zero-order valence-electron chi connectivity index (χ0n) is 41.0. The summed E-state index contributed by atoms with van der Waals surface area (Å²) in [5, 5.41) is 19.0. The predicted molar refractivity (Wildman–Crippen MR) is 259 cm³/mol. The Labute approximate surface area is 420 Å². The van der Waals surface area contributed by atoms with Gasteiger partial charge < -0.3 is 24.2 Å². The minimum atomic E-state index is -4.71. The van der Waals surface area contributed by atoms with Crippen LogP contribution in [0.15, 0.2) is 120 Å². The van der Waals surface area contributed by atoms with E-state index in [0.29, 0.717) is 67.4 Å². The SMILES string of the molecule is CCOC(=O)C1=C(C)N(c2cccc(C(F)(F)F)c2)C(=O)N(CCCCCN(C)CCCCN2C(=O)N(c3cccc(C(F)(F)F)c3)C(C)=C(C(=O)OCC)[C@H]2c2ccc(C#N)cc2)C1c1ccc(C#N)cc1. The lowest BCUT2D eigenvalue weighted by Gasteiger charge is -2.43. The molecule has 2 atom stereocenters. The first-order chi connectivity index (χ1) is 34.7. The summed E-state index contributed by atoms with van der Waals surface area (Å²) < 4.78 is 94.4. The van der Waals surface area contributed by atoms with E-state index in [0.717, 1.165) is 34.1 Å². The van der Waals surface area contributed by atoms with Gasteiger partial charge in [-0.3, -0.25) is 9.80 Å². The number of carbonyl (C=O) groups is 4. The van der Waals surface area contributed by atoms with Crippen LogP contribution in [0.25, 0.3) is 0 Å². The summed E-state index contributed by atoms with van der Waals surface area (Å²) in [4.78, 5) is 63.8. The van der Waals surface area contributed by atoms with Gasteiger partial charge in [0.25, 0.3) is 0 Å². The molecule has 0 saturated heterocycles. The quantitative estimate of drug-likeness (QED) is 0.0508. The lowest BCUT2D eigenvalue weighted by atomic mass is 9.92. The predicted octanol–water partition coefficient (Wildman–Crippen LogP) is 11.7. The third kappa shape index (κ3) is 12.5. The fourth-order valence-electron chi connectivity index (χ4n) is 9.14. The van der Waals surface area contributed by atoms with Crippen molar-refractivity contribution in [1.82, 2.24) is 14.7 Å². The van der Waals surface area contributed by atoms with Gasteiger partial charge in [0, 0.05) is 24.5 Å². The molecule has 384 valence electrons. The molecule has 0 bridgehead atoms. The molecule has 4 aromatic rings. The van der Waals surface area contributed by atoms with Gasteiger partial charge in [-0.25, -0.2) is 19.2 Å². The molecule has 0 aliphatic carbocycles.